The van der Waals surface area contributed by atoms with Crippen molar-refractivity contribution in [3.8, 4) is 0 Å². The van der Waals surface area contributed by atoms with Gasteiger partial charge in [0.05, 0.1) is 6.54 Å². The van der Waals surface area contributed by atoms with Gasteiger partial charge in [-0.2, -0.15) is 11.1 Å². The molecular formula is C28H56ClNOSi. The van der Waals surface area contributed by atoms with Gasteiger partial charge in [0.1, 0.15) is 7.38 Å². The number of isocyanates is 1. The third-order valence-electron chi connectivity index (χ3n) is 6.61. The summed E-state index contributed by atoms with van der Waals surface area (Å²) >= 11 is 6.37. The molecule has 0 heterocycles. The van der Waals surface area contributed by atoms with Gasteiger partial charge in [-0.15, -0.1) is 0 Å². The van der Waals surface area contributed by atoms with E-state index in [-0.39, 0.29) is 0 Å². The van der Waals surface area contributed by atoms with Crippen LogP contribution in [-0.2, 0) is 4.79 Å². The maximum atomic E-state index is 9.96. The van der Waals surface area contributed by atoms with Crippen molar-refractivity contribution in [3.63, 3.8) is 0 Å². The monoisotopic (exact) mass is 485 g/mol. The summed E-state index contributed by atoms with van der Waals surface area (Å²) in [5.41, 5.74) is 0. The van der Waals surface area contributed by atoms with Crippen LogP contribution in [-0.4, -0.2) is 20.0 Å². The molecule has 0 bridgehead atoms. The van der Waals surface area contributed by atoms with Gasteiger partial charge in [-0.05, 0) is 12.5 Å². The lowest BCUT2D eigenvalue weighted by Crippen LogP contribution is -2.14. The summed E-state index contributed by atoms with van der Waals surface area (Å²) in [6.45, 7) is 5.19. The lowest BCUT2D eigenvalue weighted by atomic mass is 10.0. The summed E-state index contributed by atoms with van der Waals surface area (Å²) in [5, 5.41) is 0. The van der Waals surface area contributed by atoms with Crippen molar-refractivity contribution >= 4 is 24.5 Å². The average Bonchev–Trinajstić information content (AvgIpc) is 2.75. The van der Waals surface area contributed by atoms with Gasteiger partial charge >= 0.3 is 0 Å². The zero-order valence-electron chi connectivity index (χ0n) is 21.9. The molecule has 0 rings (SSSR count). The molecular weight excluding hydrogens is 430 g/mol. The Kier molecular flexibility index (Phi) is 25.4. The molecule has 0 unspecified atom stereocenters. The molecule has 190 valence electrons. The molecule has 0 saturated carbocycles. The molecule has 0 aromatic carbocycles. The average molecular weight is 486 g/mol. The molecule has 0 N–H and O–H groups in total. The standard InChI is InChI=1S/C28H56ClNOSi/c1-32(2,29)27-25-23-21-19-17-15-13-11-9-7-5-3-4-6-8-10-12-14-16-18-20-22-24-26-30-28-31/h3-27H2,1-2H3. The zero-order valence-corrected chi connectivity index (χ0v) is 23.7. The van der Waals surface area contributed by atoms with Crippen molar-refractivity contribution in [1.82, 2.24) is 0 Å². The quantitative estimate of drug-likeness (QED) is 0.0393. The van der Waals surface area contributed by atoms with Gasteiger partial charge in [-0.25, -0.2) is 9.79 Å². The molecule has 0 aliphatic rings. The number of carbonyl (C=O) groups excluding carboxylic acids is 1. The van der Waals surface area contributed by atoms with E-state index >= 15 is 0 Å². The van der Waals surface area contributed by atoms with E-state index in [1.165, 1.54) is 147 Å². The van der Waals surface area contributed by atoms with Gasteiger partial charge in [0.25, 0.3) is 0 Å². The van der Waals surface area contributed by atoms with Crippen LogP contribution in [0.25, 0.3) is 0 Å². The normalized spacial score (nSPS) is 11.6. The van der Waals surface area contributed by atoms with Crippen LogP contribution in [0.5, 0.6) is 0 Å². The number of halogens is 1. The zero-order chi connectivity index (χ0) is 23.6. The third kappa shape index (κ3) is 29.9. The van der Waals surface area contributed by atoms with Gasteiger partial charge in [-0.1, -0.05) is 154 Å². The molecule has 0 atom stereocenters. The van der Waals surface area contributed by atoms with E-state index < -0.39 is 7.38 Å². The lowest BCUT2D eigenvalue weighted by Gasteiger charge is -2.11. The van der Waals surface area contributed by atoms with Crippen LogP contribution in [0.15, 0.2) is 4.99 Å². The second kappa shape index (κ2) is 25.5. The smallest absolute Gasteiger partial charge is 0.211 e. The topological polar surface area (TPSA) is 29.4 Å². The summed E-state index contributed by atoms with van der Waals surface area (Å²) in [6, 6.07) is 1.29. The predicted octanol–water partition coefficient (Wildman–Crippen LogP) is 10.7. The molecule has 0 amide bonds. The third-order valence-corrected chi connectivity index (χ3v) is 8.72. The maximum Gasteiger partial charge on any atom is 0.234 e. The maximum absolute atomic E-state index is 9.96. The molecule has 0 fully saturated rings. The fourth-order valence-electron chi connectivity index (χ4n) is 4.49. The number of hydrogen-bond donors (Lipinski definition) is 0. The van der Waals surface area contributed by atoms with E-state index in [2.05, 4.69) is 18.1 Å². The summed E-state index contributed by atoms with van der Waals surface area (Å²) in [6.07, 6.45) is 33.7. The van der Waals surface area contributed by atoms with Gasteiger partial charge < -0.3 is 0 Å². The Morgan fingerprint density at radius 3 is 1.00 bits per heavy atom. The number of unbranched alkanes of at least 4 members (excludes halogenated alkanes) is 22. The van der Waals surface area contributed by atoms with Gasteiger partial charge in [-0.3, -0.25) is 0 Å². The highest BCUT2D eigenvalue weighted by Gasteiger charge is 2.15. The van der Waals surface area contributed by atoms with Crippen molar-refractivity contribution in [1.29, 1.82) is 0 Å². The molecule has 0 radical (unpaired) electrons. The Balaban J connectivity index is 3.04. The largest absolute Gasteiger partial charge is 0.234 e. The van der Waals surface area contributed by atoms with Crippen molar-refractivity contribution in [2.24, 2.45) is 4.99 Å². The lowest BCUT2D eigenvalue weighted by molar-refractivity contribution is 0.518. The van der Waals surface area contributed by atoms with E-state index in [0.717, 1.165) is 6.42 Å². The Bertz CT molecular complexity index is 418. The van der Waals surface area contributed by atoms with Gasteiger partial charge in [0.2, 0.25) is 6.08 Å². The van der Waals surface area contributed by atoms with Crippen LogP contribution in [0.4, 0.5) is 0 Å². The first kappa shape index (κ1) is 31.9. The van der Waals surface area contributed by atoms with Crippen LogP contribution < -0.4 is 0 Å². The number of aliphatic imine (C=N–C) groups is 1. The van der Waals surface area contributed by atoms with E-state index in [0.29, 0.717) is 6.54 Å². The second-order valence-electron chi connectivity index (χ2n) is 10.6. The van der Waals surface area contributed by atoms with Crippen LogP contribution in [0.2, 0.25) is 19.1 Å². The first-order chi connectivity index (χ1) is 15.6. The van der Waals surface area contributed by atoms with Crippen LogP contribution in [0.3, 0.4) is 0 Å². The van der Waals surface area contributed by atoms with E-state index in [1.54, 1.807) is 6.08 Å². The van der Waals surface area contributed by atoms with Crippen LogP contribution in [0, 0.1) is 0 Å². The van der Waals surface area contributed by atoms with E-state index in [9.17, 15) is 4.79 Å². The minimum atomic E-state index is -1.31. The van der Waals surface area contributed by atoms with E-state index in [1.807, 2.05) is 0 Å². The van der Waals surface area contributed by atoms with Crippen molar-refractivity contribution in [3.05, 3.63) is 0 Å². The molecule has 32 heavy (non-hydrogen) atoms. The molecule has 0 aromatic rings. The Labute approximate surface area is 207 Å². The molecule has 4 heteroatoms. The fraction of sp³-hybridized carbons (Fsp3) is 0.964. The Hall–Kier alpha value is -0.113. The summed E-state index contributed by atoms with van der Waals surface area (Å²) in [7, 11) is -1.31. The SMILES string of the molecule is C[Si](C)(Cl)CCCCCCCCCCCCCCCCCCCCCCCCCN=C=O. The van der Waals surface area contributed by atoms with E-state index in [4.69, 9.17) is 11.1 Å². The molecule has 2 nitrogen and oxygen atoms in total. The first-order valence-corrected chi connectivity index (χ1v) is 18.5. The van der Waals surface area contributed by atoms with Crippen molar-refractivity contribution in [2.75, 3.05) is 6.54 Å². The molecule has 0 saturated heterocycles. The minimum Gasteiger partial charge on any atom is -0.211 e. The molecule has 0 aliphatic carbocycles. The van der Waals surface area contributed by atoms with Gasteiger partial charge in [0, 0.05) is 0 Å². The highest BCUT2D eigenvalue weighted by Crippen LogP contribution is 2.20. The van der Waals surface area contributed by atoms with Gasteiger partial charge in [0.15, 0.2) is 0 Å². The first-order valence-electron chi connectivity index (χ1n) is 14.3. The Morgan fingerprint density at radius 1 is 0.500 bits per heavy atom. The number of hydrogen-bond acceptors (Lipinski definition) is 2. The minimum absolute atomic E-state index is 0.666. The highest BCUT2D eigenvalue weighted by atomic mass is 35.6. The summed E-state index contributed by atoms with van der Waals surface area (Å²) < 4.78 is 0. The predicted molar refractivity (Wildman–Crippen MR) is 147 cm³/mol. The second-order valence-corrected chi connectivity index (χ2v) is 17.6. The highest BCUT2D eigenvalue weighted by molar-refractivity contribution is 7.19. The summed E-state index contributed by atoms with van der Waals surface area (Å²) in [5.74, 6) is 0. The summed E-state index contributed by atoms with van der Waals surface area (Å²) in [4.78, 5) is 13.6. The van der Waals surface area contributed by atoms with Crippen molar-refractivity contribution < 1.29 is 4.79 Å². The molecule has 0 spiro atoms. The van der Waals surface area contributed by atoms with Crippen LogP contribution in [0.1, 0.15) is 148 Å². The molecule has 0 aromatic heterocycles. The fourth-order valence-corrected chi connectivity index (χ4v) is 5.99. The number of nitrogens with zero attached hydrogens (tertiary/aromatic N) is 1. The van der Waals surface area contributed by atoms with Crippen molar-refractivity contribution in [2.45, 2.75) is 167 Å². The Morgan fingerprint density at radius 2 is 0.750 bits per heavy atom. The van der Waals surface area contributed by atoms with Crippen LogP contribution >= 0.6 is 11.1 Å². The number of rotatable bonds is 26. The molecule has 0 aliphatic heterocycles.